The van der Waals surface area contributed by atoms with Crippen molar-refractivity contribution in [3.05, 3.63) is 82.4 Å². The summed E-state index contributed by atoms with van der Waals surface area (Å²) in [5.41, 5.74) is 2.68. The predicted octanol–water partition coefficient (Wildman–Crippen LogP) is 4.70. The number of halogens is 4. The first-order valence-electron chi connectivity index (χ1n) is 8.91. The van der Waals surface area contributed by atoms with Crippen LogP contribution in [0.2, 0.25) is 5.02 Å². The summed E-state index contributed by atoms with van der Waals surface area (Å²) in [5.74, 6) is -3.05. The average molecular weight is 447 g/mol. The summed E-state index contributed by atoms with van der Waals surface area (Å²) in [6.45, 7) is 0.334. The zero-order chi connectivity index (χ0) is 22.0. The van der Waals surface area contributed by atoms with E-state index >= 15 is 0 Å². The summed E-state index contributed by atoms with van der Waals surface area (Å²) in [5, 5.41) is 12.4. The molecule has 0 unspecified atom stereocenters. The van der Waals surface area contributed by atoms with Crippen molar-refractivity contribution < 1.29 is 18.4 Å². The van der Waals surface area contributed by atoms with E-state index in [-0.39, 0.29) is 39.1 Å². The minimum atomic E-state index is -1.19. The van der Waals surface area contributed by atoms with Crippen LogP contribution in [0.25, 0.3) is 11.0 Å². The summed E-state index contributed by atoms with van der Waals surface area (Å²) in [4.78, 5) is 15.0. The lowest BCUT2D eigenvalue weighted by Crippen LogP contribution is -2.21. The molecule has 31 heavy (non-hydrogen) atoms. The highest BCUT2D eigenvalue weighted by atomic mass is 35.5. The number of fused-ring (bicyclic) bond motifs is 1. The Labute approximate surface area is 178 Å². The van der Waals surface area contributed by atoms with Gasteiger partial charge < -0.3 is 10.3 Å². The Morgan fingerprint density at radius 1 is 1.16 bits per heavy atom. The number of amidine groups is 1. The Morgan fingerprint density at radius 2 is 2.00 bits per heavy atom. The van der Waals surface area contributed by atoms with E-state index < -0.39 is 17.5 Å². The molecule has 4 rings (SSSR count). The number of nitrogens with one attached hydrogen (secondary N) is 3. The lowest BCUT2D eigenvalue weighted by atomic mass is 10.1. The van der Waals surface area contributed by atoms with Crippen molar-refractivity contribution in [3.63, 3.8) is 0 Å². The molecule has 0 bridgehead atoms. The van der Waals surface area contributed by atoms with Crippen LogP contribution in [0.1, 0.15) is 11.1 Å². The van der Waals surface area contributed by atoms with Crippen molar-refractivity contribution >= 4 is 40.1 Å². The van der Waals surface area contributed by atoms with E-state index in [0.717, 1.165) is 17.7 Å². The van der Waals surface area contributed by atoms with Crippen LogP contribution in [-0.4, -0.2) is 26.0 Å². The van der Waals surface area contributed by atoms with Crippen molar-refractivity contribution in [2.24, 2.45) is 4.99 Å². The SMILES string of the molecule is ONC(=Nc1ccc(F)c(Cl)c1)c1cc(F)c(F)c2nc(NCc3cccnc3)[nH]c12. The van der Waals surface area contributed by atoms with Gasteiger partial charge in [-0.15, -0.1) is 0 Å². The molecule has 0 saturated carbocycles. The van der Waals surface area contributed by atoms with Gasteiger partial charge in [0.25, 0.3) is 0 Å². The van der Waals surface area contributed by atoms with Crippen LogP contribution in [-0.2, 0) is 6.54 Å². The van der Waals surface area contributed by atoms with E-state index in [0.29, 0.717) is 6.54 Å². The first kappa shape index (κ1) is 20.6. The summed E-state index contributed by atoms with van der Waals surface area (Å²) >= 11 is 5.75. The van der Waals surface area contributed by atoms with Crippen LogP contribution >= 0.6 is 11.6 Å². The molecule has 0 radical (unpaired) electrons. The van der Waals surface area contributed by atoms with Crippen molar-refractivity contribution in [3.8, 4) is 0 Å². The van der Waals surface area contributed by atoms with Gasteiger partial charge in [0, 0.05) is 24.5 Å². The van der Waals surface area contributed by atoms with E-state index in [4.69, 9.17) is 11.6 Å². The van der Waals surface area contributed by atoms with E-state index in [9.17, 15) is 18.4 Å². The number of hydroxylamine groups is 1. The molecule has 0 amide bonds. The van der Waals surface area contributed by atoms with Gasteiger partial charge in [-0.1, -0.05) is 17.7 Å². The Hall–Kier alpha value is -3.63. The molecule has 0 saturated heterocycles. The van der Waals surface area contributed by atoms with E-state index in [2.05, 4.69) is 25.3 Å². The number of imidazole rings is 1. The molecule has 11 heteroatoms. The van der Waals surface area contributed by atoms with Crippen LogP contribution in [0.5, 0.6) is 0 Å². The molecule has 0 fully saturated rings. The zero-order valence-corrected chi connectivity index (χ0v) is 16.4. The monoisotopic (exact) mass is 446 g/mol. The van der Waals surface area contributed by atoms with E-state index in [1.165, 1.54) is 12.1 Å². The van der Waals surface area contributed by atoms with Gasteiger partial charge in [0.15, 0.2) is 17.5 Å². The minimum absolute atomic E-state index is 0.00113. The largest absolute Gasteiger partial charge is 0.352 e. The molecular weight excluding hydrogens is 433 g/mol. The molecule has 2 aromatic heterocycles. The van der Waals surface area contributed by atoms with Crippen LogP contribution < -0.4 is 10.8 Å². The summed E-state index contributed by atoms with van der Waals surface area (Å²) in [6, 6.07) is 8.08. The molecule has 0 atom stereocenters. The van der Waals surface area contributed by atoms with Gasteiger partial charge in [-0.2, -0.15) is 0 Å². The molecule has 4 N–H and O–H groups in total. The lowest BCUT2D eigenvalue weighted by molar-refractivity contribution is 0.235. The van der Waals surface area contributed by atoms with Crippen molar-refractivity contribution in [2.45, 2.75) is 6.54 Å². The summed E-state index contributed by atoms with van der Waals surface area (Å²) in [7, 11) is 0. The number of nitrogens with zero attached hydrogens (tertiary/aromatic N) is 3. The standard InChI is InChI=1S/C20H14ClF3N6O/c21-13-6-11(3-4-14(13)22)27-19(30-31)12-7-15(23)16(24)18-17(12)28-20(29-18)26-9-10-2-1-5-25-8-10/h1-8,31H,9H2,(H,27,30)(H2,26,28,29). The third-order valence-electron chi connectivity index (χ3n) is 4.35. The van der Waals surface area contributed by atoms with Gasteiger partial charge in [0.2, 0.25) is 5.95 Å². The van der Waals surface area contributed by atoms with Gasteiger partial charge in [-0.05, 0) is 35.9 Å². The maximum absolute atomic E-state index is 14.4. The molecule has 0 aliphatic carbocycles. The first-order chi connectivity index (χ1) is 15.0. The number of anilines is 1. The molecule has 4 aromatic rings. The van der Waals surface area contributed by atoms with Crippen LogP contribution in [0, 0.1) is 17.5 Å². The minimum Gasteiger partial charge on any atom is -0.352 e. The Kier molecular flexibility index (Phi) is 5.74. The summed E-state index contributed by atoms with van der Waals surface area (Å²) < 4.78 is 42.0. The normalized spacial score (nSPS) is 11.7. The number of aliphatic imine (C=N–C) groups is 1. The molecular formula is C20H14ClF3N6O. The maximum atomic E-state index is 14.4. The quantitative estimate of drug-likeness (QED) is 0.202. The number of rotatable bonds is 5. The Bertz CT molecular complexity index is 1280. The number of benzene rings is 2. The Balaban J connectivity index is 1.75. The molecule has 2 heterocycles. The zero-order valence-electron chi connectivity index (χ0n) is 15.6. The van der Waals surface area contributed by atoms with E-state index in [1.807, 2.05) is 11.5 Å². The fourth-order valence-corrected chi connectivity index (χ4v) is 3.07. The van der Waals surface area contributed by atoms with Crippen LogP contribution in [0.15, 0.2) is 53.8 Å². The highest BCUT2D eigenvalue weighted by Crippen LogP contribution is 2.27. The average Bonchev–Trinajstić information content (AvgIpc) is 3.21. The second-order valence-corrected chi connectivity index (χ2v) is 6.82. The van der Waals surface area contributed by atoms with Gasteiger partial charge in [0.05, 0.1) is 16.2 Å². The second kappa shape index (κ2) is 8.62. The third kappa shape index (κ3) is 4.30. The van der Waals surface area contributed by atoms with Crippen molar-refractivity contribution in [1.29, 1.82) is 0 Å². The number of hydrogen-bond donors (Lipinski definition) is 4. The van der Waals surface area contributed by atoms with Crippen LogP contribution in [0.3, 0.4) is 0 Å². The molecule has 0 spiro atoms. The van der Waals surface area contributed by atoms with Gasteiger partial charge >= 0.3 is 0 Å². The lowest BCUT2D eigenvalue weighted by Gasteiger charge is -2.08. The summed E-state index contributed by atoms with van der Waals surface area (Å²) in [6.07, 6.45) is 3.28. The fraction of sp³-hybridized carbons (Fsp3) is 0.0500. The number of aromatic amines is 1. The van der Waals surface area contributed by atoms with Crippen molar-refractivity contribution in [2.75, 3.05) is 5.32 Å². The highest BCUT2D eigenvalue weighted by Gasteiger charge is 2.20. The van der Waals surface area contributed by atoms with Gasteiger partial charge in [0.1, 0.15) is 11.3 Å². The predicted molar refractivity (Wildman–Crippen MR) is 110 cm³/mol. The maximum Gasteiger partial charge on any atom is 0.201 e. The molecule has 2 aromatic carbocycles. The third-order valence-corrected chi connectivity index (χ3v) is 4.64. The second-order valence-electron chi connectivity index (χ2n) is 6.41. The topological polar surface area (TPSA) is 98.2 Å². The molecule has 158 valence electrons. The first-order valence-corrected chi connectivity index (χ1v) is 9.28. The van der Waals surface area contributed by atoms with Gasteiger partial charge in [-0.3, -0.25) is 15.7 Å². The molecule has 7 nitrogen and oxygen atoms in total. The van der Waals surface area contributed by atoms with E-state index in [1.54, 1.807) is 18.5 Å². The number of aromatic nitrogens is 3. The highest BCUT2D eigenvalue weighted by molar-refractivity contribution is 6.31. The van der Waals surface area contributed by atoms with Gasteiger partial charge in [-0.25, -0.2) is 23.1 Å². The number of hydrogen-bond acceptors (Lipinski definition) is 5. The Morgan fingerprint density at radius 3 is 2.71 bits per heavy atom. The smallest absolute Gasteiger partial charge is 0.201 e. The number of H-pyrrole nitrogens is 1. The van der Waals surface area contributed by atoms with Crippen LogP contribution in [0.4, 0.5) is 24.8 Å². The number of pyridine rings is 1. The van der Waals surface area contributed by atoms with Crippen molar-refractivity contribution in [1.82, 2.24) is 20.4 Å². The molecule has 0 aliphatic rings. The fourth-order valence-electron chi connectivity index (χ4n) is 2.89. The molecule has 0 aliphatic heterocycles.